The van der Waals surface area contributed by atoms with Crippen LogP contribution in [0.25, 0.3) is 33.5 Å². The number of amides is 4. The Balaban J connectivity index is 1.05. The predicted octanol–water partition coefficient (Wildman–Crippen LogP) is 6.22. The second-order valence-electron chi connectivity index (χ2n) is 17.8. The average Bonchev–Trinajstić information content (AvgIpc) is 4.06. The normalized spacial score (nSPS) is 26.3. The molecule has 4 fully saturated rings. The minimum atomic E-state index is -3.93. The summed E-state index contributed by atoms with van der Waals surface area (Å²) in [6.07, 6.45) is 9.76. The molecule has 5 atom stereocenters. The molecule has 4 amide bonds. The van der Waals surface area contributed by atoms with Gasteiger partial charge in [-0.3, -0.25) is 19.1 Å². The van der Waals surface area contributed by atoms with Crippen LogP contribution in [0.1, 0.15) is 97.3 Å². The number of ether oxygens (including phenoxy) is 3. The second kappa shape index (κ2) is 17.5. The number of hydrogen-bond donors (Lipinski definition) is 3. The summed E-state index contributed by atoms with van der Waals surface area (Å²) in [4.78, 5) is 67.8. The lowest BCUT2D eigenvalue weighted by molar-refractivity contribution is -0.141. The van der Waals surface area contributed by atoms with Crippen molar-refractivity contribution < 1.29 is 46.2 Å². The van der Waals surface area contributed by atoms with Crippen LogP contribution in [0.5, 0.6) is 11.6 Å². The van der Waals surface area contributed by atoms with Crippen LogP contribution >= 0.6 is 0 Å². The fourth-order valence-electron chi connectivity index (χ4n) is 9.07. The quantitative estimate of drug-likeness (QED) is 0.152. The van der Waals surface area contributed by atoms with Crippen molar-refractivity contribution in [3.8, 4) is 23.0 Å². The summed E-state index contributed by atoms with van der Waals surface area (Å²) in [5, 5.41) is 5.84. The fraction of sp³-hybridized carbons (Fsp3) is 0.522. The molecule has 16 nitrogen and oxygen atoms in total. The lowest BCUT2D eigenvalue weighted by atomic mass is 10.0. The van der Waals surface area contributed by atoms with Crippen LogP contribution in [-0.2, 0) is 29.1 Å². The van der Waals surface area contributed by atoms with E-state index in [1.165, 1.54) is 4.90 Å². The molecule has 17 heteroatoms. The summed E-state index contributed by atoms with van der Waals surface area (Å²) in [5.41, 5.74) is 0.521. The van der Waals surface area contributed by atoms with E-state index in [0.717, 1.165) is 43.9 Å². The van der Waals surface area contributed by atoms with E-state index in [9.17, 15) is 27.6 Å². The fourth-order valence-corrected chi connectivity index (χ4v) is 10.4. The van der Waals surface area contributed by atoms with Crippen LogP contribution in [0.2, 0.25) is 0 Å². The van der Waals surface area contributed by atoms with Gasteiger partial charge in [0.15, 0.2) is 5.82 Å². The molecule has 0 radical (unpaired) electrons. The van der Waals surface area contributed by atoms with E-state index >= 15 is 0 Å². The van der Waals surface area contributed by atoms with E-state index in [2.05, 4.69) is 15.4 Å². The number of hydrogen-bond acceptors (Lipinski definition) is 12. The molecule has 2 aromatic carbocycles. The van der Waals surface area contributed by atoms with Gasteiger partial charge < -0.3 is 34.2 Å². The summed E-state index contributed by atoms with van der Waals surface area (Å²) >= 11 is 0. The van der Waals surface area contributed by atoms with Crippen LogP contribution in [0.15, 0.2) is 65.1 Å². The smallest absolute Gasteiger partial charge is 0.408 e. The first-order valence-corrected chi connectivity index (χ1v) is 23.9. The Morgan fingerprint density at radius 2 is 1.70 bits per heavy atom. The predicted molar refractivity (Wildman–Crippen MR) is 232 cm³/mol. The number of nitrogens with zero attached hydrogens (tertiary/aromatic N) is 3. The molecule has 1 saturated heterocycles. The molecule has 2 aliphatic heterocycles. The molecule has 0 unspecified atom stereocenters. The van der Waals surface area contributed by atoms with Gasteiger partial charge in [0.1, 0.15) is 46.7 Å². The highest BCUT2D eigenvalue weighted by atomic mass is 32.2. The van der Waals surface area contributed by atoms with Gasteiger partial charge in [-0.1, -0.05) is 37.1 Å². The molecular weight excluding hydrogens is 829 g/mol. The number of nitrogens with one attached hydrogen (secondary N) is 3. The van der Waals surface area contributed by atoms with Crippen molar-refractivity contribution in [2.24, 2.45) is 5.92 Å². The van der Waals surface area contributed by atoms with Crippen molar-refractivity contribution in [1.82, 2.24) is 30.2 Å². The highest BCUT2D eigenvalue weighted by Crippen LogP contribution is 2.46. The molecule has 5 aliphatic rings. The van der Waals surface area contributed by atoms with Crippen LogP contribution in [0.4, 0.5) is 4.79 Å². The van der Waals surface area contributed by atoms with Crippen molar-refractivity contribution in [3.63, 3.8) is 0 Å². The topological polar surface area (TPSA) is 208 Å². The molecular formula is C46H54N6O10S. The van der Waals surface area contributed by atoms with Crippen LogP contribution in [-0.4, -0.2) is 94.8 Å². The summed E-state index contributed by atoms with van der Waals surface area (Å²) in [7, 11) is -3.93. The van der Waals surface area contributed by atoms with Gasteiger partial charge in [0.2, 0.25) is 27.4 Å². The van der Waals surface area contributed by atoms with E-state index in [1.54, 1.807) is 0 Å². The van der Waals surface area contributed by atoms with E-state index < -0.39 is 68.7 Å². The zero-order chi connectivity index (χ0) is 43.9. The first-order chi connectivity index (χ1) is 30.4. The third kappa shape index (κ3) is 9.20. The van der Waals surface area contributed by atoms with Crippen molar-refractivity contribution in [1.29, 1.82) is 0 Å². The van der Waals surface area contributed by atoms with E-state index in [1.807, 2.05) is 74.5 Å². The molecule has 63 heavy (non-hydrogen) atoms. The number of rotatable bonds is 10. The average molecular weight is 883 g/mol. The Morgan fingerprint density at radius 1 is 0.937 bits per heavy atom. The molecule has 4 heterocycles. The van der Waals surface area contributed by atoms with Gasteiger partial charge in [-0.15, -0.1) is 0 Å². The number of sulfonamides is 1. The number of carbonyl (C=O) groups excluding carboxylic acids is 4. The minimum Gasteiger partial charge on any atom is -0.491 e. The van der Waals surface area contributed by atoms with Gasteiger partial charge in [-0.25, -0.2) is 18.2 Å². The van der Waals surface area contributed by atoms with Gasteiger partial charge in [-0.05, 0) is 114 Å². The third-order valence-electron chi connectivity index (χ3n) is 12.7. The molecule has 3 N–H and O–H groups in total. The third-order valence-corrected chi connectivity index (χ3v) is 14.5. The van der Waals surface area contributed by atoms with Gasteiger partial charge in [0, 0.05) is 23.3 Å². The van der Waals surface area contributed by atoms with E-state index in [4.69, 9.17) is 28.6 Å². The first-order valence-electron chi connectivity index (χ1n) is 22.3. The lowest BCUT2D eigenvalue weighted by Crippen LogP contribution is -2.58. The van der Waals surface area contributed by atoms with E-state index in [-0.39, 0.29) is 43.1 Å². The number of fused-ring (bicyclic) bond motifs is 5. The van der Waals surface area contributed by atoms with Gasteiger partial charge in [0.05, 0.1) is 17.9 Å². The summed E-state index contributed by atoms with van der Waals surface area (Å²) in [6, 6.07) is 12.6. The highest BCUT2D eigenvalue weighted by molar-refractivity contribution is 7.91. The van der Waals surface area contributed by atoms with E-state index in [0.29, 0.717) is 60.3 Å². The molecule has 3 aliphatic carbocycles. The number of furan rings is 1. The van der Waals surface area contributed by atoms with Gasteiger partial charge in [0.25, 0.3) is 11.8 Å². The number of para-hydroxylation sites is 1. The Hall–Kier alpha value is -5.71. The maximum atomic E-state index is 14.8. The van der Waals surface area contributed by atoms with Gasteiger partial charge >= 0.3 is 6.09 Å². The summed E-state index contributed by atoms with van der Waals surface area (Å²) in [6.45, 7) is 3.82. The Morgan fingerprint density at radius 3 is 2.46 bits per heavy atom. The standard InChI is InChI=1S/C46H54N6O10S/c1-27(2)59-31-20-18-28(19-21-31)40-48-38-34-15-10-11-17-37(34)62-39(38)42(49-40)60-32-24-36-41(53)50-46(44(55)51-63(57,58)33-22-23-33)25-29(46)12-6-4-3-5-7-16-35(43(54)52(36)26-32)47-45(56)61-30-13-8-9-14-30/h6,10-12,15,17-21,27,29-30,32-33,35-36H,3-5,7-9,13-14,16,22-26H2,1-2H3,(H,47,56)(H,50,53)(H,51,55)/b12-6-/t29-,32+,35-,36-,46+/m0/s1. The molecule has 0 bridgehead atoms. The highest BCUT2D eigenvalue weighted by Gasteiger charge is 2.62. The largest absolute Gasteiger partial charge is 0.491 e. The van der Waals surface area contributed by atoms with Crippen LogP contribution in [0, 0.1) is 5.92 Å². The number of allylic oxidation sites excluding steroid dienone is 1. The Labute approximate surface area is 365 Å². The molecule has 9 rings (SSSR count). The van der Waals surface area contributed by atoms with Crippen molar-refractivity contribution >= 4 is 55.9 Å². The zero-order valence-electron chi connectivity index (χ0n) is 35.5. The minimum absolute atomic E-state index is 0.0131. The first kappa shape index (κ1) is 42.6. The second-order valence-corrected chi connectivity index (χ2v) is 19.8. The monoisotopic (exact) mass is 882 g/mol. The van der Waals surface area contributed by atoms with Gasteiger partial charge in [-0.2, -0.15) is 4.98 Å². The molecule has 2 aromatic heterocycles. The maximum absolute atomic E-state index is 14.8. The Bertz CT molecular complexity index is 2530. The summed E-state index contributed by atoms with van der Waals surface area (Å²) < 4.78 is 52.8. The van der Waals surface area contributed by atoms with Crippen molar-refractivity contribution in [2.75, 3.05) is 6.54 Å². The number of aromatic nitrogens is 2. The maximum Gasteiger partial charge on any atom is 0.408 e. The number of benzene rings is 2. The Kier molecular flexibility index (Phi) is 11.8. The molecule has 0 spiro atoms. The summed E-state index contributed by atoms with van der Waals surface area (Å²) in [5.74, 6) is -1.25. The van der Waals surface area contributed by atoms with Crippen LogP contribution < -0.4 is 24.8 Å². The van der Waals surface area contributed by atoms with Crippen LogP contribution in [0.3, 0.4) is 0 Å². The molecule has 4 aromatic rings. The lowest BCUT2D eigenvalue weighted by Gasteiger charge is -2.30. The van der Waals surface area contributed by atoms with Crippen molar-refractivity contribution in [3.05, 3.63) is 60.7 Å². The number of carbonyl (C=O) groups is 4. The zero-order valence-corrected chi connectivity index (χ0v) is 36.4. The molecule has 3 saturated carbocycles. The molecule has 334 valence electrons. The van der Waals surface area contributed by atoms with Crippen molar-refractivity contribution in [2.45, 2.75) is 139 Å². The number of alkyl carbamates (subject to hydrolysis) is 1. The SMILES string of the molecule is CC(C)Oc1ccc(-c2nc(O[C@@H]3C[C@H]4C(=O)N[C@]5(C(=O)NS(=O)(=O)C6CC6)C[C@@H]5/C=C\CCCCC[C@H](NC(=O)OC5CCCC5)C(=O)N4C3)c3oc4ccccc4c3n2)cc1.